The number of amides is 1. The molecule has 0 heterocycles. The average molecular weight is 1060 g/mol. The first kappa shape index (κ1) is 72.2. The SMILES string of the molecule is CCCCCCCCCCC/C=C\C/C=C\CCCCCCCCCCCCCCCC(=O)NC(COP(=O)([O-])OCC[N+](C)(C)C)C(O)/C=C/CC/C=C/CC/C=C/CCCCCCCCCCCCCCC. The molecule has 0 aromatic heterocycles. The zero-order valence-corrected chi connectivity index (χ0v) is 50.4. The van der Waals surface area contributed by atoms with Gasteiger partial charge < -0.3 is 28.8 Å². The Labute approximate surface area is 460 Å². The highest BCUT2D eigenvalue weighted by atomic mass is 31.2. The van der Waals surface area contributed by atoms with Crippen LogP contribution in [0.15, 0.2) is 60.8 Å². The minimum absolute atomic E-state index is 0.0102. The number of allylic oxidation sites excluding steroid dienone is 9. The smallest absolute Gasteiger partial charge is 0.268 e. The van der Waals surface area contributed by atoms with Crippen molar-refractivity contribution in [2.45, 2.75) is 309 Å². The number of quaternary nitrogens is 1. The number of carbonyl (C=O) groups excluding carboxylic acids is 1. The zero-order valence-electron chi connectivity index (χ0n) is 49.5. The van der Waals surface area contributed by atoms with Crippen LogP contribution in [0.2, 0.25) is 0 Å². The zero-order chi connectivity index (χ0) is 54.2. The number of hydrogen-bond acceptors (Lipinski definition) is 6. The van der Waals surface area contributed by atoms with E-state index in [4.69, 9.17) is 9.05 Å². The molecule has 0 aromatic rings. The van der Waals surface area contributed by atoms with Crippen LogP contribution in [0.3, 0.4) is 0 Å². The number of nitrogens with one attached hydrogen (secondary N) is 1. The van der Waals surface area contributed by atoms with Gasteiger partial charge in [0.2, 0.25) is 5.91 Å². The van der Waals surface area contributed by atoms with Crippen LogP contribution >= 0.6 is 7.82 Å². The highest BCUT2D eigenvalue weighted by Gasteiger charge is 2.23. The van der Waals surface area contributed by atoms with E-state index in [-0.39, 0.29) is 12.5 Å². The third kappa shape index (κ3) is 57.9. The summed E-state index contributed by atoms with van der Waals surface area (Å²) in [6.07, 6.45) is 76.1. The Hall–Kier alpha value is -1.80. The van der Waals surface area contributed by atoms with Gasteiger partial charge in [0.25, 0.3) is 7.82 Å². The molecule has 8 nitrogen and oxygen atoms in total. The Morgan fingerprint density at radius 1 is 0.473 bits per heavy atom. The van der Waals surface area contributed by atoms with Gasteiger partial charge in [-0.2, -0.15) is 0 Å². The van der Waals surface area contributed by atoms with Gasteiger partial charge in [-0.25, -0.2) is 0 Å². The van der Waals surface area contributed by atoms with E-state index in [1.165, 1.54) is 225 Å². The van der Waals surface area contributed by atoms with Crippen molar-refractivity contribution in [2.75, 3.05) is 40.9 Å². The summed E-state index contributed by atoms with van der Waals surface area (Å²) < 4.78 is 23.4. The lowest BCUT2D eigenvalue weighted by Gasteiger charge is -2.29. The fourth-order valence-electron chi connectivity index (χ4n) is 9.22. The molecule has 74 heavy (non-hydrogen) atoms. The second kappa shape index (κ2) is 55.9. The van der Waals surface area contributed by atoms with Crippen LogP contribution in [0.5, 0.6) is 0 Å². The monoisotopic (exact) mass is 1060 g/mol. The van der Waals surface area contributed by atoms with Crippen molar-refractivity contribution in [3.63, 3.8) is 0 Å². The second-order valence-corrected chi connectivity index (χ2v) is 24.2. The van der Waals surface area contributed by atoms with Crippen molar-refractivity contribution >= 4 is 13.7 Å². The maximum absolute atomic E-state index is 13.0. The Bertz CT molecular complexity index is 1390. The largest absolute Gasteiger partial charge is 0.756 e. The maximum Gasteiger partial charge on any atom is 0.268 e. The molecule has 1 amide bonds. The number of rotatable bonds is 58. The molecule has 0 aliphatic rings. The quantitative estimate of drug-likeness (QED) is 0.0272. The van der Waals surface area contributed by atoms with Gasteiger partial charge in [0, 0.05) is 6.42 Å². The summed E-state index contributed by atoms with van der Waals surface area (Å²) in [5.41, 5.74) is 0. The summed E-state index contributed by atoms with van der Waals surface area (Å²) in [6.45, 7) is 4.65. The van der Waals surface area contributed by atoms with E-state index >= 15 is 0 Å². The van der Waals surface area contributed by atoms with E-state index in [9.17, 15) is 19.4 Å². The number of unbranched alkanes of at least 4 members (excludes halogenated alkanes) is 37. The van der Waals surface area contributed by atoms with E-state index in [0.717, 1.165) is 51.4 Å². The van der Waals surface area contributed by atoms with Crippen molar-refractivity contribution in [1.82, 2.24) is 5.32 Å². The highest BCUT2D eigenvalue weighted by Crippen LogP contribution is 2.38. The molecule has 434 valence electrons. The second-order valence-electron chi connectivity index (χ2n) is 22.7. The number of hydrogen-bond donors (Lipinski definition) is 2. The van der Waals surface area contributed by atoms with E-state index < -0.39 is 26.6 Å². The molecule has 0 radical (unpaired) electrons. The van der Waals surface area contributed by atoms with E-state index in [2.05, 4.69) is 67.8 Å². The summed E-state index contributed by atoms with van der Waals surface area (Å²) in [5, 5.41) is 13.9. The van der Waals surface area contributed by atoms with Crippen LogP contribution in [-0.2, 0) is 18.4 Å². The summed E-state index contributed by atoms with van der Waals surface area (Å²) in [7, 11) is 1.24. The molecular weight excluding hydrogens is 936 g/mol. The van der Waals surface area contributed by atoms with Crippen LogP contribution < -0.4 is 10.2 Å². The molecule has 0 saturated carbocycles. The molecule has 0 rings (SSSR count). The number of phosphoric ester groups is 1. The van der Waals surface area contributed by atoms with Crippen molar-refractivity contribution in [3.8, 4) is 0 Å². The van der Waals surface area contributed by atoms with Crippen molar-refractivity contribution < 1.29 is 32.9 Å². The molecule has 9 heteroatoms. The normalized spacial score (nSPS) is 14.2. The number of phosphoric acid groups is 1. The van der Waals surface area contributed by atoms with Gasteiger partial charge in [-0.05, 0) is 77.0 Å². The van der Waals surface area contributed by atoms with Crippen LogP contribution in [0.1, 0.15) is 296 Å². The molecule has 0 fully saturated rings. The molecule has 0 saturated heterocycles. The Kier molecular flexibility index (Phi) is 54.6. The molecule has 0 aromatic carbocycles. The highest BCUT2D eigenvalue weighted by molar-refractivity contribution is 7.45. The number of nitrogens with zero attached hydrogens (tertiary/aromatic N) is 1. The molecular formula is C65H123N2O6P. The third-order valence-corrected chi connectivity index (χ3v) is 15.1. The lowest BCUT2D eigenvalue weighted by Crippen LogP contribution is -2.45. The molecule has 3 unspecified atom stereocenters. The maximum atomic E-state index is 13.0. The Morgan fingerprint density at radius 3 is 1.18 bits per heavy atom. The first-order valence-corrected chi connectivity index (χ1v) is 33.1. The van der Waals surface area contributed by atoms with Gasteiger partial charge in [0.1, 0.15) is 13.2 Å². The lowest BCUT2D eigenvalue weighted by atomic mass is 10.0. The summed E-state index contributed by atoms with van der Waals surface area (Å²) >= 11 is 0. The summed E-state index contributed by atoms with van der Waals surface area (Å²) in [5.74, 6) is -0.210. The molecule has 0 aliphatic heterocycles. The Morgan fingerprint density at radius 2 is 0.797 bits per heavy atom. The molecule has 0 spiro atoms. The first-order chi connectivity index (χ1) is 36.0. The van der Waals surface area contributed by atoms with E-state index in [1.54, 1.807) is 6.08 Å². The van der Waals surface area contributed by atoms with Gasteiger partial charge in [-0.3, -0.25) is 9.36 Å². The van der Waals surface area contributed by atoms with Gasteiger partial charge in [0.05, 0.1) is 39.9 Å². The fraction of sp³-hybridized carbons (Fsp3) is 0.831. The molecule has 0 aliphatic carbocycles. The predicted molar refractivity (Wildman–Crippen MR) is 321 cm³/mol. The van der Waals surface area contributed by atoms with Crippen LogP contribution in [-0.4, -0.2) is 68.5 Å². The van der Waals surface area contributed by atoms with Crippen LogP contribution in [0, 0.1) is 0 Å². The fourth-order valence-corrected chi connectivity index (χ4v) is 9.94. The Balaban J connectivity index is 4.20. The molecule has 0 bridgehead atoms. The van der Waals surface area contributed by atoms with Gasteiger partial charge in [-0.1, -0.05) is 274 Å². The van der Waals surface area contributed by atoms with Crippen LogP contribution in [0.25, 0.3) is 0 Å². The third-order valence-electron chi connectivity index (χ3n) is 14.2. The standard InChI is InChI=1S/C65H123N2O6P/c1-6-8-10-12-14-16-18-20-22-24-26-28-30-31-32-33-34-35-37-39-41-43-45-47-49-51-53-55-57-59-65(69)66-63(62-73-74(70,71)72-61-60-67(3,4)5)64(68)58-56-54-52-50-48-46-44-42-40-38-36-29-27-25-23-21-19-17-15-13-11-9-7-2/h26,28,31-32,40,42,48,50,56,58,63-64,68H,6-25,27,29-30,33-39,41,43-47,49,51-55,57,59-62H2,1-5H3,(H-,66,69,70,71)/b28-26-,32-31-,42-40+,50-48+,58-56+. The van der Waals surface area contributed by atoms with E-state index in [0.29, 0.717) is 17.4 Å². The van der Waals surface area contributed by atoms with Gasteiger partial charge in [0.15, 0.2) is 0 Å². The summed E-state index contributed by atoms with van der Waals surface area (Å²) in [4.78, 5) is 25.6. The number of likely N-dealkylation sites (N-methyl/N-ethyl adjacent to an activating group) is 1. The topological polar surface area (TPSA) is 108 Å². The lowest BCUT2D eigenvalue weighted by molar-refractivity contribution is -0.870. The van der Waals surface area contributed by atoms with Gasteiger partial charge in [-0.15, -0.1) is 0 Å². The number of aliphatic hydroxyl groups excluding tert-OH is 1. The van der Waals surface area contributed by atoms with Crippen LogP contribution in [0.4, 0.5) is 0 Å². The van der Waals surface area contributed by atoms with Crippen molar-refractivity contribution in [1.29, 1.82) is 0 Å². The average Bonchev–Trinajstić information content (AvgIpc) is 3.36. The minimum atomic E-state index is -4.61. The predicted octanol–water partition coefficient (Wildman–Crippen LogP) is 19.0. The summed E-state index contributed by atoms with van der Waals surface area (Å²) in [6, 6.07) is -0.913. The van der Waals surface area contributed by atoms with Crippen molar-refractivity contribution in [3.05, 3.63) is 60.8 Å². The first-order valence-electron chi connectivity index (χ1n) is 31.7. The molecule has 3 atom stereocenters. The van der Waals surface area contributed by atoms with Crippen molar-refractivity contribution in [2.24, 2.45) is 0 Å². The number of aliphatic hydroxyl groups is 1. The van der Waals surface area contributed by atoms with Gasteiger partial charge >= 0.3 is 0 Å². The number of carbonyl (C=O) groups is 1. The molecule has 2 N–H and O–H groups in total. The van der Waals surface area contributed by atoms with E-state index in [1.807, 2.05) is 27.2 Å². The minimum Gasteiger partial charge on any atom is -0.756 e.